The summed E-state index contributed by atoms with van der Waals surface area (Å²) < 4.78 is 0. The highest BCUT2D eigenvalue weighted by molar-refractivity contribution is 7.80. The van der Waals surface area contributed by atoms with E-state index in [1.165, 1.54) is 37.7 Å². The molecule has 0 heterocycles. The molecule has 0 atom stereocenters. The Morgan fingerprint density at radius 2 is 1.70 bits per heavy atom. The van der Waals surface area contributed by atoms with Gasteiger partial charge in [-0.1, -0.05) is 64.3 Å². The van der Waals surface area contributed by atoms with Crippen LogP contribution in [0.1, 0.15) is 70.9 Å². The largest absolute Gasteiger partial charge is 0.359 e. The lowest BCUT2D eigenvalue weighted by Crippen LogP contribution is -2.41. The quantitative estimate of drug-likeness (QED) is 0.486. The maximum absolute atomic E-state index is 5.34. The van der Waals surface area contributed by atoms with Gasteiger partial charge in [-0.15, -0.1) is 0 Å². The number of thiocarbonyl (C=S) groups is 1. The zero-order valence-corrected chi connectivity index (χ0v) is 15.6. The second-order valence-corrected chi connectivity index (χ2v) is 7.85. The fourth-order valence-corrected chi connectivity index (χ4v) is 3.09. The van der Waals surface area contributed by atoms with Crippen LogP contribution in [0, 0.1) is 0 Å². The SMILES string of the molecule is CC(=NNC(=S)NC1CCCCC1)c1ccc(C(C)(C)C)cc1. The molecule has 4 heteroatoms. The van der Waals surface area contributed by atoms with Crippen molar-refractivity contribution < 1.29 is 0 Å². The van der Waals surface area contributed by atoms with Gasteiger partial charge in [0.2, 0.25) is 0 Å². The number of hydrogen-bond donors (Lipinski definition) is 2. The summed E-state index contributed by atoms with van der Waals surface area (Å²) in [7, 11) is 0. The van der Waals surface area contributed by atoms with Gasteiger partial charge in [-0.05, 0) is 48.5 Å². The zero-order chi connectivity index (χ0) is 16.9. The van der Waals surface area contributed by atoms with Gasteiger partial charge in [-0.2, -0.15) is 5.10 Å². The molecule has 0 spiro atoms. The van der Waals surface area contributed by atoms with Crippen LogP contribution in [0.5, 0.6) is 0 Å². The monoisotopic (exact) mass is 331 g/mol. The Hall–Kier alpha value is -1.42. The van der Waals surface area contributed by atoms with Gasteiger partial charge in [-0.25, -0.2) is 0 Å². The van der Waals surface area contributed by atoms with Crippen molar-refractivity contribution in [1.82, 2.24) is 10.7 Å². The number of hydrazone groups is 1. The first kappa shape index (κ1) is 17.9. The van der Waals surface area contributed by atoms with Crippen LogP contribution >= 0.6 is 12.2 Å². The van der Waals surface area contributed by atoms with Crippen LogP contribution in [-0.2, 0) is 5.41 Å². The minimum atomic E-state index is 0.174. The van der Waals surface area contributed by atoms with Crippen LogP contribution in [0.15, 0.2) is 29.4 Å². The van der Waals surface area contributed by atoms with E-state index in [9.17, 15) is 0 Å². The lowest BCUT2D eigenvalue weighted by atomic mass is 9.86. The minimum Gasteiger partial charge on any atom is -0.359 e. The number of nitrogens with zero attached hydrogens (tertiary/aromatic N) is 1. The second-order valence-electron chi connectivity index (χ2n) is 7.44. The molecule has 1 aromatic rings. The first-order valence-electron chi connectivity index (χ1n) is 8.58. The summed E-state index contributed by atoms with van der Waals surface area (Å²) in [5, 5.41) is 8.41. The normalized spacial score (nSPS) is 17.0. The first-order valence-corrected chi connectivity index (χ1v) is 8.99. The zero-order valence-electron chi connectivity index (χ0n) is 14.8. The molecule has 23 heavy (non-hydrogen) atoms. The molecule has 126 valence electrons. The summed E-state index contributed by atoms with van der Waals surface area (Å²) in [5.41, 5.74) is 6.54. The van der Waals surface area contributed by atoms with Gasteiger partial charge in [0, 0.05) is 6.04 Å². The Morgan fingerprint density at radius 3 is 2.26 bits per heavy atom. The third-order valence-corrected chi connectivity index (χ3v) is 4.64. The molecule has 0 amide bonds. The lowest BCUT2D eigenvalue weighted by Gasteiger charge is -2.23. The van der Waals surface area contributed by atoms with E-state index < -0.39 is 0 Å². The number of rotatable bonds is 3. The van der Waals surface area contributed by atoms with Gasteiger partial charge >= 0.3 is 0 Å². The number of benzene rings is 1. The molecule has 0 aliphatic heterocycles. The first-order chi connectivity index (χ1) is 10.9. The Bertz CT molecular complexity index is 549. The van der Waals surface area contributed by atoms with Crippen LogP contribution < -0.4 is 10.7 Å². The van der Waals surface area contributed by atoms with Crippen LogP contribution in [0.3, 0.4) is 0 Å². The molecule has 0 saturated heterocycles. The number of nitrogens with one attached hydrogen (secondary N) is 2. The van der Waals surface area contributed by atoms with Crippen LogP contribution in [-0.4, -0.2) is 16.9 Å². The van der Waals surface area contributed by atoms with E-state index in [-0.39, 0.29) is 5.41 Å². The molecule has 0 radical (unpaired) electrons. The Kier molecular flexibility index (Phi) is 6.17. The van der Waals surface area contributed by atoms with E-state index in [1.807, 2.05) is 6.92 Å². The molecule has 3 nitrogen and oxygen atoms in total. The topological polar surface area (TPSA) is 36.4 Å². The third kappa shape index (κ3) is 5.61. The van der Waals surface area contributed by atoms with Crippen molar-refractivity contribution >= 4 is 23.0 Å². The molecule has 0 bridgehead atoms. The summed E-state index contributed by atoms with van der Waals surface area (Å²) in [6, 6.07) is 9.10. The predicted octanol–water partition coefficient (Wildman–Crippen LogP) is 4.50. The van der Waals surface area contributed by atoms with Crippen molar-refractivity contribution in [2.45, 2.75) is 71.3 Å². The van der Waals surface area contributed by atoms with Gasteiger partial charge in [0.05, 0.1) is 5.71 Å². The molecular formula is C19H29N3S. The molecule has 1 aliphatic carbocycles. The van der Waals surface area contributed by atoms with E-state index in [0.717, 1.165) is 11.3 Å². The van der Waals surface area contributed by atoms with Crippen molar-refractivity contribution in [3.8, 4) is 0 Å². The summed E-state index contributed by atoms with van der Waals surface area (Å²) >= 11 is 5.34. The highest BCUT2D eigenvalue weighted by atomic mass is 32.1. The lowest BCUT2D eigenvalue weighted by molar-refractivity contribution is 0.412. The summed E-state index contributed by atoms with van der Waals surface area (Å²) in [5.74, 6) is 0. The standard InChI is InChI=1S/C19H29N3S/c1-14(15-10-12-16(13-11-15)19(2,3)4)21-22-18(23)20-17-8-6-5-7-9-17/h10-13,17H,5-9H2,1-4H3,(H2,20,22,23). The smallest absolute Gasteiger partial charge is 0.187 e. The summed E-state index contributed by atoms with van der Waals surface area (Å²) in [4.78, 5) is 0. The van der Waals surface area contributed by atoms with Gasteiger partial charge < -0.3 is 5.32 Å². The van der Waals surface area contributed by atoms with E-state index in [4.69, 9.17) is 12.2 Å². The third-order valence-electron chi connectivity index (χ3n) is 4.43. The molecule has 0 aromatic heterocycles. The average molecular weight is 332 g/mol. The van der Waals surface area contributed by atoms with Crippen LogP contribution in [0.2, 0.25) is 0 Å². The van der Waals surface area contributed by atoms with E-state index in [1.54, 1.807) is 0 Å². The molecule has 1 aliphatic rings. The summed E-state index contributed by atoms with van der Waals surface area (Å²) in [6.07, 6.45) is 6.35. The molecule has 0 unspecified atom stereocenters. The van der Waals surface area contributed by atoms with E-state index in [2.05, 4.69) is 60.9 Å². The van der Waals surface area contributed by atoms with Crippen molar-refractivity contribution in [1.29, 1.82) is 0 Å². The maximum Gasteiger partial charge on any atom is 0.187 e. The van der Waals surface area contributed by atoms with Gasteiger partial charge in [0.15, 0.2) is 5.11 Å². The van der Waals surface area contributed by atoms with E-state index in [0.29, 0.717) is 11.2 Å². The highest BCUT2D eigenvalue weighted by Gasteiger charge is 2.14. The maximum atomic E-state index is 5.34. The fraction of sp³-hybridized carbons (Fsp3) is 0.579. The predicted molar refractivity (Wildman–Crippen MR) is 103 cm³/mol. The Morgan fingerprint density at radius 1 is 1.09 bits per heavy atom. The average Bonchev–Trinajstić information content (AvgIpc) is 2.53. The Balaban J connectivity index is 1.90. The van der Waals surface area contributed by atoms with Crippen molar-refractivity contribution in [3.63, 3.8) is 0 Å². The molecule has 1 aromatic carbocycles. The Labute approximate surface area is 145 Å². The molecular weight excluding hydrogens is 302 g/mol. The van der Waals surface area contributed by atoms with Gasteiger partial charge in [0.1, 0.15) is 0 Å². The van der Waals surface area contributed by atoms with E-state index >= 15 is 0 Å². The molecule has 2 rings (SSSR count). The number of hydrogen-bond acceptors (Lipinski definition) is 2. The van der Waals surface area contributed by atoms with Gasteiger partial charge in [0.25, 0.3) is 0 Å². The fourth-order valence-electron chi connectivity index (χ4n) is 2.88. The van der Waals surface area contributed by atoms with Crippen LogP contribution in [0.25, 0.3) is 0 Å². The molecule has 1 fully saturated rings. The van der Waals surface area contributed by atoms with Crippen molar-refractivity contribution in [2.24, 2.45) is 5.10 Å². The van der Waals surface area contributed by atoms with Crippen molar-refractivity contribution in [2.75, 3.05) is 0 Å². The second kappa shape index (κ2) is 7.91. The molecule has 2 N–H and O–H groups in total. The molecule has 1 saturated carbocycles. The summed E-state index contributed by atoms with van der Waals surface area (Å²) in [6.45, 7) is 8.67. The van der Waals surface area contributed by atoms with Crippen molar-refractivity contribution in [3.05, 3.63) is 35.4 Å². The minimum absolute atomic E-state index is 0.174. The van der Waals surface area contributed by atoms with Crippen LogP contribution in [0.4, 0.5) is 0 Å². The highest BCUT2D eigenvalue weighted by Crippen LogP contribution is 2.22. The van der Waals surface area contributed by atoms with Gasteiger partial charge in [-0.3, -0.25) is 5.43 Å².